The van der Waals surface area contributed by atoms with Gasteiger partial charge in [0.15, 0.2) is 0 Å². The SMILES string of the molecule is NC(=O)[C@H](Cc1ccccc1)NC(=O)[C@@H](Cc1c[nH]c2ccccc12)NC(=O)[C@@H](Cc1c[nH]c2ccccc12)NC(=O)C1CCNCC1. The number of amides is 4. The van der Waals surface area contributed by atoms with Crippen molar-refractivity contribution in [3.05, 3.63) is 108 Å². The van der Waals surface area contributed by atoms with Crippen molar-refractivity contribution in [3.8, 4) is 0 Å². The Kier molecular flexibility index (Phi) is 10.2. The lowest BCUT2D eigenvalue weighted by Gasteiger charge is -2.27. The van der Waals surface area contributed by atoms with Crippen molar-refractivity contribution in [2.45, 2.75) is 50.2 Å². The van der Waals surface area contributed by atoms with E-state index < -0.39 is 35.8 Å². The Balaban J connectivity index is 1.27. The Morgan fingerprint density at radius 1 is 0.646 bits per heavy atom. The Hall–Kier alpha value is -5.42. The highest BCUT2D eigenvalue weighted by Crippen LogP contribution is 2.22. The van der Waals surface area contributed by atoms with Gasteiger partial charge < -0.3 is 37.0 Å². The second-order valence-electron chi connectivity index (χ2n) is 12.4. The molecule has 1 aliphatic heterocycles. The molecule has 2 aromatic heterocycles. The fraction of sp³-hybridized carbons (Fsp3) is 0.297. The highest BCUT2D eigenvalue weighted by atomic mass is 16.2. The number of carbonyl (C=O) groups excluding carboxylic acids is 4. The minimum Gasteiger partial charge on any atom is -0.368 e. The fourth-order valence-electron chi connectivity index (χ4n) is 6.45. The third-order valence-electron chi connectivity index (χ3n) is 9.12. The van der Waals surface area contributed by atoms with Crippen LogP contribution in [0.15, 0.2) is 91.3 Å². The average molecular weight is 648 g/mol. The summed E-state index contributed by atoms with van der Waals surface area (Å²) in [6, 6.07) is 21.7. The molecule has 1 saturated heterocycles. The summed E-state index contributed by atoms with van der Waals surface area (Å²) in [7, 11) is 0. The van der Waals surface area contributed by atoms with E-state index in [0.717, 1.165) is 51.6 Å². The van der Waals surface area contributed by atoms with E-state index in [1.807, 2.05) is 91.3 Å². The quantitative estimate of drug-likeness (QED) is 0.104. The summed E-state index contributed by atoms with van der Waals surface area (Å²) < 4.78 is 0. The van der Waals surface area contributed by atoms with Gasteiger partial charge >= 0.3 is 0 Å². The van der Waals surface area contributed by atoms with Crippen molar-refractivity contribution in [2.24, 2.45) is 11.7 Å². The molecule has 1 fully saturated rings. The minimum atomic E-state index is -1.07. The molecule has 3 aromatic carbocycles. The number of rotatable bonds is 13. The normalized spacial score (nSPS) is 15.4. The van der Waals surface area contributed by atoms with Crippen molar-refractivity contribution in [2.75, 3.05) is 13.1 Å². The molecule has 0 aliphatic carbocycles. The second-order valence-corrected chi connectivity index (χ2v) is 12.4. The smallest absolute Gasteiger partial charge is 0.243 e. The lowest BCUT2D eigenvalue weighted by molar-refractivity contribution is -0.134. The molecule has 48 heavy (non-hydrogen) atoms. The number of carbonyl (C=O) groups is 4. The zero-order valence-corrected chi connectivity index (χ0v) is 26.6. The highest BCUT2D eigenvalue weighted by Gasteiger charge is 2.32. The van der Waals surface area contributed by atoms with E-state index in [0.29, 0.717) is 12.8 Å². The van der Waals surface area contributed by atoms with Gasteiger partial charge in [0.2, 0.25) is 23.6 Å². The maximum atomic E-state index is 14.2. The number of hydrogen-bond donors (Lipinski definition) is 7. The molecule has 4 amide bonds. The summed E-state index contributed by atoms with van der Waals surface area (Å²) in [6.07, 6.45) is 5.56. The molecule has 0 bridgehead atoms. The molecule has 0 spiro atoms. The van der Waals surface area contributed by atoms with Gasteiger partial charge in [0.25, 0.3) is 0 Å². The Labute approximate surface area is 278 Å². The van der Waals surface area contributed by atoms with Crippen molar-refractivity contribution in [1.82, 2.24) is 31.2 Å². The van der Waals surface area contributed by atoms with Crippen LogP contribution in [0.25, 0.3) is 21.8 Å². The molecule has 6 rings (SSSR count). The van der Waals surface area contributed by atoms with Crippen LogP contribution in [0.4, 0.5) is 0 Å². The van der Waals surface area contributed by atoms with Gasteiger partial charge in [-0.2, -0.15) is 0 Å². The molecular weight excluding hydrogens is 606 g/mol. The van der Waals surface area contributed by atoms with Crippen molar-refractivity contribution < 1.29 is 19.2 Å². The lowest BCUT2D eigenvalue weighted by Crippen LogP contribution is -2.58. The Bertz CT molecular complexity index is 1890. The third kappa shape index (κ3) is 7.75. The van der Waals surface area contributed by atoms with E-state index >= 15 is 0 Å². The molecule has 0 saturated carbocycles. The van der Waals surface area contributed by atoms with Gasteiger partial charge in [0.1, 0.15) is 18.1 Å². The van der Waals surface area contributed by atoms with E-state index in [9.17, 15) is 19.2 Å². The van der Waals surface area contributed by atoms with Gasteiger partial charge in [-0.15, -0.1) is 0 Å². The van der Waals surface area contributed by atoms with Crippen LogP contribution < -0.4 is 27.0 Å². The van der Waals surface area contributed by atoms with E-state index in [1.165, 1.54) is 0 Å². The number of benzene rings is 3. The number of nitrogens with two attached hydrogens (primary N) is 1. The molecule has 3 heterocycles. The zero-order valence-electron chi connectivity index (χ0n) is 26.6. The van der Waals surface area contributed by atoms with Crippen LogP contribution in [0.5, 0.6) is 0 Å². The molecular formula is C37H41N7O4. The first kappa shape index (κ1) is 32.5. The predicted octanol–water partition coefficient (Wildman–Crippen LogP) is 2.62. The van der Waals surface area contributed by atoms with Gasteiger partial charge in [0, 0.05) is 59.4 Å². The molecule has 248 valence electrons. The highest BCUT2D eigenvalue weighted by molar-refractivity contribution is 5.95. The van der Waals surface area contributed by atoms with Gasteiger partial charge in [0.05, 0.1) is 0 Å². The summed E-state index contributed by atoms with van der Waals surface area (Å²) in [4.78, 5) is 60.6. The van der Waals surface area contributed by atoms with Crippen LogP contribution in [0.3, 0.4) is 0 Å². The van der Waals surface area contributed by atoms with E-state index in [2.05, 4.69) is 31.2 Å². The average Bonchev–Trinajstić information content (AvgIpc) is 3.72. The van der Waals surface area contributed by atoms with Crippen molar-refractivity contribution >= 4 is 45.4 Å². The van der Waals surface area contributed by atoms with Crippen molar-refractivity contribution in [1.29, 1.82) is 0 Å². The van der Waals surface area contributed by atoms with E-state index in [-0.39, 0.29) is 31.1 Å². The topological polar surface area (TPSA) is 174 Å². The van der Waals surface area contributed by atoms with E-state index in [1.54, 1.807) is 0 Å². The number of nitrogens with one attached hydrogen (secondary N) is 6. The molecule has 11 nitrogen and oxygen atoms in total. The van der Waals surface area contributed by atoms with Crippen LogP contribution in [0, 0.1) is 5.92 Å². The van der Waals surface area contributed by atoms with E-state index in [4.69, 9.17) is 5.73 Å². The first-order valence-corrected chi connectivity index (χ1v) is 16.4. The molecule has 8 N–H and O–H groups in total. The number of hydrogen-bond acceptors (Lipinski definition) is 5. The van der Waals surface area contributed by atoms with Crippen LogP contribution in [-0.2, 0) is 38.4 Å². The van der Waals surface area contributed by atoms with Gasteiger partial charge in [-0.3, -0.25) is 19.2 Å². The fourth-order valence-corrected chi connectivity index (χ4v) is 6.45. The molecule has 5 aromatic rings. The number of fused-ring (bicyclic) bond motifs is 2. The van der Waals surface area contributed by atoms with Crippen LogP contribution in [0.1, 0.15) is 29.5 Å². The Morgan fingerprint density at radius 3 is 1.71 bits per heavy atom. The van der Waals surface area contributed by atoms with Gasteiger partial charge in [-0.05, 0) is 54.8 Å². The number of H-pyrrole nitrogens is 2. The van der Waals surface area contributed by atoms with Gasteiger partial charge in [-0.1, -0.05) is 66.7 Å². The molecule has 1 aliphatic rings. The zero-order chi connectivity index (χ0) is 33.5. The molecule has 0 unspecified atom stereocenters. The Morgan fingerprint density at radius 2 is 1.15 bits per heavy atom. The number of piperidine rings is 1. The van der Waals surface area contributed by atoms with Crippen LogP contribution >= 0.6 is 0 Å². The van der Waals surface area contributed by atoms with Crippen molar-refractivity contribution in [3.63, 3.8) is 0 Å². The predicted molar refractivity (Wildman–Crippen MR) is 185 cm³/mol. The van der Waals surface area contributed by atoms with Gasteiger partial charge in [-0.25, -0.2) is 0 Å². The third-order valence-corrected chi connectivity index (χ3v) is 9.12. The summed E-state index contributed by atoms with van der Waals surface area (Å²) in [5, 5.41) is 13.9. The number of aromatic nitrogens is 2. The standard InChI is InChI=1S/C37H41N7O4/c38-34(45)31(18-23-8-2-1-3-9-23)42-36(47)33(20-26-22-41-30-13-7-5-11-28(26)30)44-37(48)32(43-35(46)24-14-16-39-17-15-24)19-25-21-40-29-12-6-4-10-27(25)29/h1-13,21-22,24,31-33,39-41H,14-20H2,(H2,38,45)(H,42,47)(H,43,46)(H,44,48)/t31-,32+,33+/m0/s1. The number of primary amides is 1. The number of aromatic amines is 2. The summed E-state index contributed by atoms with van der Waals surface area (Å²) in [6.45, 7) is 1.46. The first-order valence-electron chi connectivity index (χ1n) is 16.4. The molecule has 0 radical (unpaired) electrons. The monoisotopic (exact) mass is 647 g/mol. The molecule has 3 atom stereocenters. The summed E-state index contributed by atoms with van der Waals surface area (Å²) >= 11 is 0. The number of para-hydroxylation sites is 2. The maximum Gasteiger partial charge on any atom is 0.243 e. The summed E-state index contributed by atoms with van der Waals surface area (Å²) in [5.41, 5.74) is 10.1. The largest absolute Gasteiger partial charge is 0.368 e. The minimum absolute atomic E-state index is 0.139. The summed E-state index contributed by atoms with van der Waals surface area (Å²) in [5.74, 6) is -2.14. The van der Waals surface area contributed by atoms with Crippen LogP contribution in [-0.4, -0.2) is 64.8 Å². The second kappa shape index (κ2) is 15.0. The first-order chi connectivity index (χ1) is 23.4. The van der Waals surface area contributed by atoms with Crippen LogP contribution in [0.2, 0.25) is 0 Å². The molecule has 11 heteroatoms. The maximum absolute atomic E-state index is 14.2. The lowest BCUT2D eigenvalue weighted by atomic mass is 9.96.